The van der Waals surface area contributed by atoms with Gasteiger partial charge in [-0.25, -0.2) is 0 Å². The summed E-state index contributed by atoms with van der Waals surface area (Å²) in [4.78, 5) is 2.42. The Morgan fingerprint density at radius 3 is 2.90 bits per heavy atom. The first-order chi connectivity index (χ1) is 9.83. The Morgan fingerprint density at radius 2 is 2.15 bits per heavy atom. The van der Waals surface area contributed by atoms with Crippen LogP contribution in [0.25, 0.3) is 11.5 Å². The lowest BCUT2D eigenvalue weighted by molar-refractivity contribution is 0.577. The van der Waals surface area contributed by atoms with Crippen LogP contribution in [-0.2, 0) is 0 Å². The minimum atomic E-state index is 0.521. The molecule has 0 bridgehead atoms. The molecule has 2 aromatic heterocycles. The quantitative estimate of drug-likeness (QED) is 0.928. The van der Waals surface area contributed by atoms with E-state index in [-0.39, 0.29) is 0 Å². The van der Waals surface area contributed by atoms with Crippen LogP contribution in [0.1, 0.15) is 25.7 Å². The largest absolute Gasteiger partial charge is 0.463 e. The van der Waals surface area contributed by atoms with E-state index < -0.39 is 0 Å². The van der Waals surface area contributed by atoms with Gasteiger partial charge in [0.15, 0.2) is 11.6 Å². The van der Waals surface area contributed by atoms with Gasteiger partial charge in [0.05, 0.1) is 12.0 Å². The van der Waals surface area contributed by atoms with Gasteiger partial charge in [0, 0.05) is 12.6 Å². The Hall–Kier alpha value is -2.04. The maximum Gasteiger partial charge on any atom is 0.169 e. The van der Waals surface area contributed by atoms with E-state index in [0.717, 1.165) is 29.6 Å². The maximum absolute atomic E-state index is 6.06. The average molecular weight is 270 g/mol. The fourth-order valence-corrected chi connectivity index (χ4v) is 3.23. The molecule has 1 aliphatic heterocycles. The maximum atomic E-state index is 6.06. The van der Waals surface area contributed by atoms with E-state index in [9.17, 15) is 0 Å². The lowest BCUT2D eigenvalue weighted by Crippen LogP contribution is -2.31. The molecule has 1 aliphatic carbocycles. The number of hydrogen-bond donors (Lipinski definition) is 1. The summed E-state index contributed by atoms with van der Waals surface area (Å²) >= 11 is 0. The highest BCUT2D eigenvalue weighted by Gasteiger charge is 2.38. The fraction of sp³-hybridized carbons (Fsp3) is 0.467. The number of anilines is 2. The number of nitrogen functional groups attached to an aromatic ring is 1. The molecule has 3 heterocycles. The lowest BCUT2D eigenvalue weighted by Gasteiger charge is -2.27. The molecule has 1 saturated heterocycles. The highest BCUT2D eigenvalue weighted by Crippen LogP contribution is 2.43. The SMILES string of the molecule is Nc1nnc(-c2ccco2)cc1N1CCC[C@@H]1C1CC1. The third-order valence-corrected chi connectivity index (χ3v) is 4.35. The number of aromatic nitrogens is 2. The number of nitrogens with two attached hydrogens (primary N) is 1. The van der Waals surface area contributed by atoms with E-state index in [1.165, 1.54) is 25.7 Å². The van der Waals surface area contributed by atoms with Gasteiger partial charge in [-0.15, -0.1) is 10.2 Å². The fourth-order valence-electron chi connectivity index (χ4n) is 3.23. The summed E-state index contributed by atoms with van der Waals surface area (Å²) < 4.78 is 5.40. The van der Waals surface area contributed by atoms with Gasteiger partial charge in [0.25, 0.3) is 0 Å². The van der Waals surface area contributed by atoms with Crippen molar-refractivity contribution in [1.29, 1.82) is 0 Å². The normalized spacial score (nSPS) is 22.4. The van der Waals surface area contributed by atoms with Crippen LogP contribution in [0.15, 0.2) is 28.9 Å². The minimum Gasteiger partial charge on any atom is -0.463 e. The number of nitrogens with zero attached hydrogens (tertiary/aromatic N) is 3. The predicted molar refractivity (Wildman–Crippen MR) is 77.2 cm³/mol. The molecule has 1 saturated carbocycles. The number of hydrogen-bond acceptors (Lipinski definition) is 5. The predicted octanol–water partition coefficient (Wildman–Crippen LogP) is 2.70. The van der Waals surface area contributed by atoms with Crippen molar-refractivity contribution in [2.24, 2.45) is 5.92 Å². The molecule has 2 N–H and O–H groups in total. The molecule has 2 aliphatic rings. The molecule has 0 radical (unpaired) electrons. The van der Waals surface area contributed by atoms with Crippen molar-refractivity contribution < 1.29 is 4.42 Å². The van der Waals surface area contributed by atoms with Crippen molar-refractivity contribution in [2.75, 3.05) is 17.2 Å². The molecular formula is C15H18N4O. The molecule has 5 heteroatoms. The molecule has 0 unspecified atom stereocenters. The van der Waals surface area contributed by atoms with Crippen molar-refractivity contribution in [2.45, 2.75) is 31.7 Å². The summed E-state index contributed by atoms with van der Waals surface area (Å²) in [7, 11) is 0. The van der Waals surface area contributed by atoms with Gasteiger partial charge >= 0.3 is 0 Å². The van der Waals surface area contributed by atoms with Crippen LogP contribution in [0.2, 0.25) is 0 Å². The molecule has 0 aromatic carbocycles. The molecule has 0 amide bonds. The van der Waals surface area contributed by atoms with Crippen LogP contribution in [0.4, 0.5) is 11.5 Å². The van der Waals surface area contributed by atoms with Crippen LogP contribution < -0.4 is 10.6 Å². The Morgan fingerprint density at radius 1 is 1.25 bits per heavy atom. The molecule has 5 nitrogen and oxygen atoms in total. The Kier molecular flexibility index (Phi) is 2.65. The van der Waals surface area contributed by atoms with E-state index in [4.69, 9.17) is 10.2 Å². The minimum absolute atomic E-state index is 0.521. The van der Waals surface area contributed by atoms with Crippen molar-refractivity contribution >= 4 is 11.5 Å². The molecule has 4 rings (SSSR count). The van der Waals surface area contributed by atoms with E-state index in [1.54, 1.807) is 6.26 Å². The van der Waals surface area contributed by atoms with Gasteiger partial charge in [-0.3, -0.25) is 0 Å². The highest BCUT2D eigenvalue weighted by molar-refractivity contribution is 5.69. The molecular weight excluding hydrogens is 252 g/mol. The smallest absolute Gasteiger partial charge is 0.169 e. The molecule has 2 aromatic rings. The summed E-state index contributed by atoms with van der Waals surface area (Å²) in [6.45, 7) is 1.06. The second-order valence-corrected chi connectivity index (χ2v) is 5.72. The Labute approximate surface area is 117 Å². The second-order valence-electron chi connectivity index (χ2n) is 5.72. The topological polar surface area (TPSA) is 68.2 Å². The van der Waals surface area contributed by atoms with Gasteiger partial charge in [0.2, 0.25) is 0 Å². The first-order valence-electron chi connectivity index (χ1n) is 7.26. The standard InChI is InChI=1S/C15H18N4O/c16-15-13(19-7-1-3-12(19)10-5-6-10)9-11(17-18-15)14-4-2-8-20-14/h2,4,8-10,12H,1,3,5-7H2,(H2,16,18)/t12-/m1/s1. The lowest BCUT2D eigenvalue weighted by atomic mass is 10.1. The molecule has 104 valence electrons. The van der Waals surface area contributed by atoms with Crippen LogP contribution in [0.5, 0.6) is 0 Å². The Balaban J connectivity index is 1.71. The van der Waals surface area contributed by atoms with Crippen LogP contribution in [0, 0.1) is 5.92 Å². The average Bonchev–Trinajstić information content (AvgIpc) is 2.98. The zero-order valence-corrected chi connectivity index (χ0v) is 11.3. The summed E-state index contributed by atoms with van der Waals surface area (Å²) in [5.74, 6) is 2.10. The highest BCUT2D eigenvalue weighted by atomic mass is 16.3. The van der Waals surface area contributed by atoms with Gasteiger partial charge in [-0.1, -0.05) is 0 Å². The number of furan rings is 1. The van der Waals surface area contributed by atoms with Crippen LogP contribution in [0.3, 0.4) is 0 Å². The van der Waals surface area contributed by atoms with Crippen molar-refractivity contribution in [3.05, 3.63) is 24.5 Å². The molecule has 20 heavy (non-hydrogen) atoms. The van der Waals surface area contributed by atoms with Crippen LogP contribution in [-0.4, -0.2) is 22.8 Å². The van der Waals surface area contributed by atoms with E-state index in [1.807, 2.05) is 18.2 Å². The van der Waals surface area contributed by atoms with E-state index in [2.05, 4.69) is 15.1 Å². The Bertz CT molecular complexity index is 606. The molecule has 0 spiro atoms. The molecule has 2 fully saturated rings. The first kappa shape index (κ1) is 11.8. The van der Waals surface area contributed by atoms with Crippen LogP contribution >= 0.6 is 0 Å². The van der Waals surface area contributed by atoms with Gasteiger partial charge < -0.3 is 15.1 Å². The van der Waals surface area contributed by atoms with Gasteiger partial charge in [-0.2, -0.15) is 0 Å². The van der Waals surface area contributed by atoms with E-state index >= 15 is 0 Å². The van der Waals surface area contributed by atoms with Gasteiger partial charge in [-0.05, 0) is 49.8 Å². The summed E-state index contributed by atoms with van der Waals surface area (Å²) in [6.07, 6.45) is 6.85. The monoisotopic (exact) mass is 270 g/mol. The van der Waals surface area contributed by atoms with E-state index in [0.29, 0.717) is 11.9 Å². The second kappa shape index (κ2) is 4.51. The van der Waals surface area contributed by atoms with Crippen molar-refractivity contribution in [1.82, 2.24) is 10.2 Å². The summed E-state index contributed by atoms with van der Waals surface area (Å²) in [5, 5.41) is 8.26. The third kappa shape index (κ3) is 1.94. The van der Waals surface area contributed by atoms with Gasteiger partial charge in [0.1, 0.15) is 5.69 Å². The summed E-state index contributed by atoms with van der Waals surface area (Å²) in [5.41, 5.74) is 7.82. The van der Waals surface area contributed by atoms with Crippen molar-refractivity contribution in [3.8, 4) is 11.5 Å². The molecule has 1 atom stereocenters. The zero-order valence-electron chi connectivity index (χ0n) is 11.3. The summed E-state index contributed by atoms with van der Waals surface area (Å²) in [6, 6.07) is 6.40. The third-order valence-electron chi connectivity index (χ3n) is 4.35. The number of rotatable bonds is 3. The zero-order chi connectivity index (χ0) is 13.5. The van der Waals surface area contributed by atoms with Crippen molar-refractivity contribution in [3.63, 3.8) is 0 Å². The first-order valence-corrected chi connectivity index (χ1v) is 7.26.